The molecule has 4 heteroatoms. The first-order valence-electron chi connectivity index (χ1n) is 5.91. The molecular weight excluding hydrogens is 216 g/mol. The van der Waals surface area contributed by atoms with Gasteiger partial charge in [0.1, 0.15) is 5.75 Å². The highest BCUT2D eigenvalue weighted by Gasteiger charge is 2.12. The topological polar surface area (TPSA) is 64.3 Å². The molecule has 1 atom stereocenters. The van der Waals surface area contributed by atoms with Crippen molar-refractivity contribution in [1.29, 1.82) is 0 Å². The lowest BCUT2D eigenvalue weighted by Gasteiger charge is -2.17. The molecule has 1 aromatic rings. The molecule has 0 aliphatic carbocycles. The number of ether oxygens (including phenoxy) is 1. The summed E-state index contributed by atoms with van der Waals surface area (Å²) in [4.78, 5) is 11.0. The molecule has 0 aromatic heterocycles. The molecule has 1 unspecified atom stereocenters. The van der Waals surface area contributed by atoms with Gasteiger partial charge in [-0.3, -0.25) is 4.79 Å². The first kappa shape index (κ1) is 13.5. The summed E-state index contributed by atoms with van der Waals surface area (Å²) in [5, 5.41) is 3.24. The minimum absolute atomic E-state index is 0.0202. The third-order valence-corrected chi connectivity index (χ3v) is 2.45. The Bertz CT molecular complexity index is 349. The second-order valence-corrected chi connectivity index (χ2v) is 3.78. The van der Waals surface area contributed by atoms with Crippen LogP contribution < -0.4 is 15.8 Å². The summed E-state index contributed by atoms with van der Waals surface area (Å²) in [6.45, 7) is 5.40. The van der Waals surface area contributed by atoms with Crippen molar-refractivity contribution in [1.82, 2.24) is 5.32 Å². The third kappa shape index (κ3) is 4.44. The molecule has 3 N–H and O–H groups in total. The Morgan fingerprint density at radius 2 is 2.00 bits per heavy atom. The van der Waals surface area contributed by atoms with Crippen LogP contribution in [0.2, 0.25) is 0 Å². The van der Waals surface area contributed by atoms with Gasteiger partial charge in [0.2, 0.25) is 5.91 Å². The van der Waals surface area contributed by atoms with Gasteiger partial charge < -0.3 is 15.8 Å². The summed E-state index contributed by atoms with van der Waals surface area (Å²) in [5.41, 5.74) is 6.29. The van der Waals surface area contributed by atoms with E-state index in [9.17, 15) is 4.79 Å². The molecule has 0 saturated carbocycles. The van der Waals surface area contributed by atoms with Gasteiger partial charge in [0.25, 0.3) is 0 Å². The second kappa shape index (κ2) is 6.91. The van der Waals surface area contributed by atoms with Crippen LogP contribution in [-0.4, -0.2) is 19.1 Å². The minimum atomic E-state index is -0.301. The van der Waals surface area contributed by atoms with Gasteiger partial charge in [-0.2, -0.15) is 0 Å². The van der Waals surface area contributed by atoms with E-state index in [4.69, 9.17) is 10.5 Å². The van der Waals surface area contributed by atoms with Gasteiger partial charge in [-0.25, -0.2) is 0 Å². The highest BCUT2D eigenvalue weighted by atomic mass is 16.5. The Hall–Kier alpha value is -1.55. The van der Waals surface area contributed by atoms with E-state index in [2.05, 4.69) is 5.32 Å². The number of hydrogen-bond donors (Lipinski definition) is 2. The van der Waals surface area contributed by atoms with Crippen LogP contribution in [0, 0.1) is 0 Å². The minimum Gasteiger partial charge on any atom is -0.494 e. The van der Waals surface area contributed by atoms with Crippen molar-refractivity contribution >= 4 is 5.91 Å². The van der Waals surface area contributed by atoms with Crippen LogP contribution in [-0.2, 0) is 4.79 Å². The van der Waals surface area contributed by atoms with E-state index in [0.29, 0.717) is 13.0 Å². The average Bonchev–Trinajstić information content (AvgIpc) is 2.29. The number of carbonyl (C=O) groups excluding carboxylic acids is 1. The van der Waals surface area contributed by atoms with Crippen molar-refractivity contribution < 1.29 is 9.53 Å². The van der Waals surface area contributed by atoms with Crippen LogP contribution in [0.15, 0.2) is 24.3 Å². The van der Waals surface area contributed by atoms with Crippen LogP contribution in [0.1, 0.15) is 31.9 Å². The van der Waals surface area contributed by atoms with Gasteiger partial charge in [-0.1, -0.05) is 19.1 Å². The lowest BCUT2D eigenvalue weighted by atomic mass is 10.0. The van der Waals surface area contributed by atoms with Gasteiger partial charge in [-0.15, -0.1) is 0 Å². The molecule has 0 fully saturated rings. The maximum absolute atomic E-state index is 11.0. The number of nitrogens with one attached hydrogen (secondary N) is 1. The van der Waals surface area contributed by atoms with E-state index in [1.807, 2.05) is 38.1 Å². The molecule has 0 saturated heterocycles. The molecule has 1 amide bonds. The largest absolute Gasteiger partial charge is 0.494 e. The lowest BCUT2D eigenvalue weighted by molar-refractivity contribution is -0.118. The van der Waals surface area contributed by atoms with E-state index >= 15 is 0 Å². The van der Waals surface area contributed by atoms with Crippen molar-refractivity contribution in [2.24, 2.45) is 5.73 Å². The summed E-state index contributed by atoms with van der Waals surface area (Å²) in [6.07, 6.45) is 0.307. The smallest absolute Gasteiger partial charge is 0.219 e. The van der Waals surface area contributed by atoms with Crippen molar-refractivity contribution in [2.45, 2.75) is 26.3 Å². The predicted octanol–water partition coefficient (Wildman–Crippen LogP) is 1.61. The highest BCUT2D eigenvalue weighted by molar-refractivity contribution is 5.74. The van der Waals surface area contributed by atoms with E-state index in [-0.39, 0.29) is 11.9 Å². The van der Waals surface area contributed by atoms with Gasteiger partial charge in [0.15, 0.2) is 0 Å². The summed E-state index contributed by atoms with van der Waals surface area (Å²) in [5.74, 6) is 0.537. The Morgan fingerprint density at radius 3 is 2.47 bits per heavy atom. The predicted molar refractivity (Wildman–Crippen MR) is 67.8 cm³/mol. The summed E-state index contributed by atoms with van der Waals surface area (Å²) >= 11 is 0. The number of primary amides is 1. The highest BCUT2D eigenvalue weighted by Crippen LogP contribution is 2.20. The monoisotopic (exact) mass is 236 g/mol. The number of rotatable bonds is 7. The SMILES string of the molecule is CCNC(CC(N)=O)c1ccc(OCC)cc1. The second-order valence-electron chi connectivity index (χ2n) is 3.78. The Labute approximate surface area is 102 Å². The quantitative estimate of drug-likeness (QED) is 0.756. The molecule has 0 heterocycles. The Kier molecular flexibility index (Phi) is 5.49. The lowest BCUT2D eigenvalue weighted by Crippen LogP contribution is -2.26. The number of nitrogens with two attached hydrogens (primary N) is 1. The van der Waals surface area contributed by atoms with Crippen LogP contribution in [0.5, 0.6) is 5.75 Å². The zero-order valence-electron chi connectivity index (χ0n) is 10.4. The van der Waals surface area contributed by atoms with Crippen LogP contribution in [0.3, 0.4) is 0 Å². The number of hydrogen-bond acceptors (Lipinski definition) is 3. The molecule has 94 valence electrons. The number of benzene rings is 1. The fraction of sp³-hybridized carbons (Fsp3) is 0.462. The maximum atomic E-state index is 11.0. The van der Waals surface area contributed by atoms with E-state index in [0.717, 1.165) is 17.9 Å². The third-order valence-electron chi connectivity index (χ3n) is 2.45. The van der Waals surface area contributed by atoms with Crippen LogP contribution in [0.4, 0.5) is 0 Å². The first-order valence-corrected chi connectivity index (χ1v) is 5.91. The molecule has 0 spiro atoms. The van der Waals surface area contributed by atoms with Crippen molar-refractivity contribution in [3.05, 3.63) is 29.8 Å². The normalized spacial score (nSPS) is 12.1. The van der Waals surface area contributed by atoms with E-state index < -0.39 is 0 Å². The fourth-order valence-corrected chi connectivity index (χ4v) is 1.72. The zero-order chi connectivity index (χ0) is 12.7. The van der Waals surface area contributed by atoms with Crippen molar-refractivity contribution in [3.63, 3.8) is 0 Å². The fourth-order valence-electron chi connectivity index (χ4n) is 1.72. The molecule has 17 heavy (non-hydrogen) atoms. The van der Waals surface area contributed by atoms with Crippen LogP contribution in [0.25, 0.3) is 0 Å². The molecule has 0 aliphatic rings. The summed E-state index contributed by atoms with van der Waals surface area (Å²) < 4.78 is 5.37. The Morgan fingerprint density at radius 1 is 1.35 bits per heavy atom. The van der Waals surface area contributed by atoms with Crippen molar-refractivity contribution in [2.75, 3.05) is 13.2 Å². The van der Waals surface area contributed by atoms with Crippen LogP contribution >= 0.6 is 0 Å². The number of amides is 1. The molecule has 4 nitrogen and oxygen atoms in total. The first-order chi connectivity index (χ1) is 8.17. The maximum Gasteiger partial charge on any atom is 0.219 e. The molecule has 0 bridgehead atoms. The van der Waals surface area contributed by atoms with E-state index in [1.54, 1.807) is 0 Å². The number of carbonyl (C=O) groups is 1. The van der Waals surface area contributed by atoms with Gasteiger partial charge in [0, 0.05) is 12.5 Å². The molecule has 0 aliphatic heterocycles. The molecule has 1 rings (SSSR count). The van der Waals surface area contributed by atoms with E-state index in [1.165, 1.54) is 0 Å². The standard InChI is InChI=1S/C13H20N2O2/c1-3-15-12(9-13(14)16)10-5-7-11(8-6-10)17-4-2/h5-8,12,15H,3-4,9H2,1-2H3,(H2,14,16). The van der Waals surface area contributed by atoms with Gasteiger partial charge >= 0.3 is 0 Å². The van der Waals surface area contributed by atoms with Crippen molar-refractivity contribution in [3.8, 4) is 5.75 Å². The Balaban J connectivity index is 2.75. The zero-order valence-corrected chi connectivity index (χ0v) is 10.4. The van der Waals surface area contributed by atoms with Gasteiger partial charge in [-0.05, 0) is 31.2 Å². The summed E-state index contributed by atoms with van der Waals surface area (Å²) in [6, 6.07) is 7.71. The summed E-state index contributed by atoms with van der Waals surface area (Å²) in [7, 11) is 0. The molecular formula is C13H20N2O2. The molecule has 0 radical (unpaired) electrons. The van der Waals surface area contributed by atoms with Gasteiger partial charge in [0.05, 0.1) is 6.61 Å². The molecule has 1 aromatic carbocycles. The average molecular weight is 236 g/mol.